The van der Waals surface area contributed by atoms with E-state index in [2.05, 4.69) is 42.7 Å². The molecule has 2 N–H and O–H groups in total. The monoisotopic (exact) mass is 276 g/mol. The molecular formula is C17H28N2O. The van der Waals surface area contributed by atoms with Gasteiger partial charge in [-0.25, -0.2) is 0 Å². The predicted octanol–water partition coefficient (Wildman–Crippen LogP) is 3.27. The van der Waals surface area contributed by atoms with E-state index in [0.717, 1.165) is 5.75 Å². The Hall–Kier alpha value is -1.06. The fourth-order valence-corrected chi connectivity index (χ4v) is 3.05. The Morgan fingerprint density at radius 3 is 2.90 bits per heavy atom. The van der Waals surface area contributed by atoms with Gasteiger partial charge in [-0.3, -0.25) is 0 Å². The lowest BCUT2D eigenvalue weighted by molar-refractivity contribution is 0.333. The van der Waals surface area contributed by atoms with Crippen LogP contribution in [0.15, 0.2) is 24.3 Å². The van der Waals surface area contributed by atoms with E-state index in [1.165, 1.54) is 37.8 Å². The number of hydrogen-bond acceptors (Lipinski definition) is 3. The van der Waals surface area contributed by atoms with E-state index in [9.17, 15) is 0 Å². The summed E-state index contributed by atoms with van der Waals surface area (Å²) in [6.45, 7) is 5.69. The molecule has 0 saturated carbocycles. The highest BCUT2D eigenvalue weighted by Gasteiger charge is 2.17. The lowest BCUT2D eigenvalue weighted by Crippen LogP contribution is -2.40. The molecule has 0 amide bonds. The first-order chi connectivity index (χ1) is 9.69. The summed E-state index contributed by atoms with van der Waals surface area (Å²) in [7, 11) is 1.72. The second kappa shape index (κ2) is 7.65. The second-order valence-electron chi connectivity index (χ2n) is 5.95. The maximum Gasteiger partial charge on any atom is 0.119 e. The highest BCUT2D eigenvalue weighted by Crippen LogP contribution is 2.20. The van der Waals surface area contributed by atoms with Gasteiger partial charge < -0.3 is 15.4 Å². The fraction of sp³-hybridized carbons (Fsp3) is 0.647. The Kier molecular flexibility index (Phi) is 5.86. The summed E-state index contributed by atoms with van der Waals surface area (Å²) < 4.78 is 5.29. The minimum atomic E-state index is 0.351. The third-order valence-corrected chi connectivity index (χ3v) is 4.18. The van der Waals surface area contributed by atoms with Gasteiger partial charge >= 0.3 is 0 Å². The van der Waals surface area contributed by atoms with Gasteiger partial charge in [-0.1, -0.05) is 18.6 Å². The lowest BCUT2D eigenvalue weighted by Gasteiger charge is -2.28. The Bertz CT molecular complexity index is 402. The number of hydrogen-bond donors (Lipinski definition) is 2. The highest BCUT2D eigenvalue weighted by atomic mass is 16.5. The average Bonchev–Trinajstić information content (AvgIpc) is 2.48. The van der Waals surface area contributed by atoms with Crippen LogP contribution in [0.5, 0.6) is 5.75 Å². The molecule has 1 aliphatic heterocycles. The van der Waals surface area contributed by atoms with Gasteiger partial charge in [0.2, 0.25) is 0 Å². The smallest absolute Gasteiger partial charge is 0.119 e. The first kappa shape index (κ1) is 15.3. The minimum Gasteiger partial charge on any atom is -0.497 e. The van der Waals surface area contributed by atoms with Crippen molar-refractivity contribution in [3.8, 4) is 5.75 Å². The number of benzene rings is 1. The number of ether oxygens (including phenoxy) is 1. The van der Waals surface area contributed by atoms with Crippen LogP contribution in [0.3, 0.4) is 0 Å². The molecule has 1 aromatic carbocycles. The van der Waals surface area contributed by atoms with Gasteiger partial charge in [0.1, 0.15) is 5.75 Å². The molecule has 0 spiro atoms. The topological polar surface area (TPSA) is 33.3 Å². The van der Waals surface area contributed by atoms with Gasteiger partial charge in [0, 0.05) is 18.1 Å². The van der Waals surface area contributed by atoms with Crippen molar-refractivity contribution in [1.82, 2.24) is 10.6 Å². The summed E-state index contributed by atoms with van der Waals surface area (Å²) in [5, 5.41) is 7.32. The summed E-state index contributed by atoms with van der Waals surface area (Å²) >= 11 is 0. The summed E-state index contributed by atoms with van der Waals surface area (Å²) in [6, 6.07) is 9.87. The van der Waals surface area contributed by atoms with Gasteiger partial charge in [-0.15, -0.1) is 0 Å². The van der Waals surface area contributed by atoms with E-state index in [1.807, 2.05) is 6.07 Å². The summed E-state index contributed by atoms with van der Waals surface area (Å²) in [5.41, 5.74) is 1.29. The van der Waals surface area contributed by atoms with E-state index in [4.69, 9.17) is 4.74 Å². The molecule has 0 radical (unpaired) electrons. The standard InChI is InChI=1S/C17H28N2O/c1-13(11-16-8-4-5-10-18-16)19-14(2)15-7-6-9-17(12-15)20-3/h6-7,9,12-14,16,18-19H,4-5,8,10-11H2,1-3H3/t13?,14-,16?/m1/s1. The fourth-order valence-electron chi connectivity index (χ4n) is 3.05. The van der Waals surface area contributed by atoms with Gasteiger partial charge in [-0.2, -0.15) is 0 Å². The Morgan fingerprint density at radius 1 is 1.35 bits per heavy atom. The Labute approximate surface area is 123 Å². The number of methoxy groups -OCH3 is 1. The molecule has 3 heteroatoms. The second-order valence-corrected chi connectivity index (χ2v) is 5.95. The van der Waals surface area contributed by atoms with Crippen molar-refractivity contribution in [1.29, 1.82) is 0 Å². The molecule has 1 aromatic rings. The van der Waals surface area contributed by atoms with Crippen molar-refractivity contribution in [3.05, 3.63) is 29.8 Å². The first-order valence-electron chi connectivity index (χ1n) is 7.82. The predicted molar refractivity (Wildman–Crippen MR) is 84.3 cm³/mol. The van der Waals surface area contributed by atoms with Crippen LogP contribution < -0.4 is 15.4 Å². The molecule has 0 aliphatic carbocycles. The molecule has 1 heterocycles. The summed E-state index contributed by atoms with van der Waals surface area (Å²) in [4.78, 5) is 0. The average molecular weight is 276 g/mol. The molecule has 3 nitrogen and oxygen atoms in total. The number of nitrogens with one attached hydrogen (secondary N) is 2. The van der Waals surface area contributed by atoms with E-state index in [1.54, 1.807) is 7.11 Å². The highest BCUT2D eigenvalue weighted by molar-refractivity contribution is 5.30. The number of piperidine rings is 1. The number of rotatable bonds is 6. The minimum absolute atomic E-state index is 0.351. The van der Waals surface area contributed by atoms with Crippen molar-refractivity contribution in [2.45, 2.75) is 57.7 Å². The van der Waals surface area contributed by atoms with Gasteiger partial charge in [0.25, 0.3) is 0 Å². The third-order valence-electron chi connectivity index (χ3n) is 4.18. The zero-order chi connectivity index (χ0) is 14.4. The molecule has 1 fully saturated rings. The van der Waals surface area contributed by atoms with E-state index < -0.39 is 0 Å². The largest absolute Gasteiger partial charge is 0.497 e. The molecule has 20 heavy (non-hydrogen) atoms. The normalized spacial score (nSPS) is 22.2. The van der Waals surface area contributed by atoms with Crippen molar-refractivity contribution in [2.24, 2.45) is 0 Å². The van der Waals surface area contributed by atoms with E-state index in [-0.39, 0.29) is 0 Å². The first-order valence-corrected chi connectivity index (χ1v) is 7.82. The third kappa shape index (κ3) is 4.50. The molecule has 3 atom stereocenters. The van der Waals surface area contributed by atoms with Crippen LogP contribution in [0.1, 0.15) is 51.1 Å². The van der Waals surface area contributed by atoms with E-state index >= 15 is 0 Å². The van der Waals surface area contributed by atoms with Crippen LogP contribution in [0.4, 0.5) is 0 Å². The van der Waals surface area contributed by atoms with Gasteiger partial charge in [0.05, 0.1) is 7.11 Å². The molecule has 1 aliphatic rings. The molecule has 0 bridgehead atoms. The Balaban J connectivity index is 1.84. The van der Waals surface area contributed by atoms with E-state index in [0.29, 0.717) is 18.1 Å². The quantitative estimate of drug-likeness (QED) is 0.836. The van der Waals surface area contributed by atoms with Gasteiger partial charge in [0.15, 0.2) is 0 Å². The SMILES string of the molecule is COc1cccc([C@@H](C)NC(C)CC2CCCCN2)c1. The zero-order valence-electron chi connectivity index (χ0n) is 13.0. The maximum atomic E-state index is 5.29. The molecule has 1 saturated heterocycles. The summed E-state index contributed by atoms with van der Waals surface area (Å²) in [6.07, 6.45) is 5.22. The lowest BCUT2D eigenvalue weighted by atomic mass is 9.98. The maximum absolute atomic E-state index is 5.29. The van der Waals surface area contributed by atoms with Crippen LogP contribution in [0.25, 0.3) is 0 Å². The van der Waals surface area contributed by atoms with Gasteiger partial charge in [-0.05, 0) is 57.4 Å². The molecular weight excluding hydrogens is 248 g/mol. The van der Waals surface area contributed by atoms with Crippen LogP contribution in [0, 0.1) is 0 Å². The summed E-state index contributed by atoms with van der Waals surface area (Å²) in [5.74, 6) is 0.928. The zero-order valence-corrected chi connectivity index (χ0v) is 13.0. The molecule has 0 aromatic heterocycles. The van der Waals surface area contributed by atoms with Crippen LogP contribution >= 0.6 is 0 Å². The van der Waals surface area contributed by atoms with Crippen molar-refractivity contribution >= 4 is 0 Å². The molecule has 112 valence electrons. The molecule has 2 rings (SSSR count). The van der Waals surface area contributed by atoms with Crippen molar-refractivity contribution < 1.29 is 4.74 Å². The van der Waals surface area contributed by atoms with Crippen LogP contribution in [-0.4, -0.2) is 25.7 Å². The van der Waals surface area contributed by atoms with Crippen molar-refractivity contribution in [3.63, 3.8) is 0 Å². The Morgan fingerprint density at radius 2 is 2.20 bits per heavy atom. The van der Waals surface area contributed by atoms with Crippen LogP contribution in [0.2, 0.25) is 0 Å². The molecule has 2 unspecified atom stereocenters. The van der Waals surface area contributed by atoms with Crippen LogP contribution in [-0.2, 0) is 0 Å². The van der Waals surface area contributed by atoms with Crippen molar-refractivity contribution in [2.75, 3.05) is 13.7 Å².